The fraction of sp³-hybridized carbons (Fsp3) is 0.0476. The van der Waals surface area contributed by atoms with Crippen molar-refractivity contribution in [1.82, 2.24) is 20.2 Å². The van der Waals surface area contributed by atoms with E-state index < -0.39 is 17.6 Å². The highest BCUT2D eigenvalue weighted by Crippen LogP contribution is 2.31. The smallest absolute Gasteiger partial charge is 0.416 e. The SMILES string of the molecule is O=C(Nc1cccc(C(F)(F)F)c1)/C(=C\c1ccco1)n1nnnc1-c1ccccc1. The van der Waals surface area contributed by atoms with Gasteiger partial charge in [0.2, 0.25) is 0 Å². The number of carbonyl (C=O) groups is 1. The van der Waals surface area contributed by atoms with E-state index in [1.165, 1.54) is 29.2 Å². The van der Waals surface area contributed by atoms with Crippen LogP contribution in [0.5, 0.6) is 0 Å². The van der Waals surface area contributed by atoms with E-state index in [2.05, 4.69) is 20.8 Å². The molecule has 2 aromatic heterocycles. The summed E-state index contributed by atoms with van der Waals surface area (Å²) in [6.45, 7) is 0. The topological polar surface area (TPSA) is 85.8 Å². The van der Waals surface area contributed by atoms with Crippen molar-refractivity contribution in [3.63, 3.8) is 0 Å². The molecule has 0 bridgehead atoms. The quantitative estimate of drug-likeness (QED) is 0.473. The van der Waals surface area contributed by atoms with Gasteiger partial charge in [-0.3, -0.25) is 4.79 Å². The van der Waals surface area contributed by atoms with Crippen LogP contribution in [0, 0.1) is 0 Å². The lowest BCUT2D eigenvalue weighted by Crippen LogP contribution is -2.19. The Balaban J connectivity index is 1.73. The number of tetrazole rings is 1. The third-order valence-corrected chi connectivity index (χ3v) is 4.23. The largest absolute Gasteiger partial charge is 0.465 e. The minimum absolute atomic E-state index is 0.0282. The second-order valence-electron chi connectivity index (χ2n) is 6.36. The number of anilines is 1. The summed E-state index contributed by atoms with van der Waals surface area (Å²) < 4.78 is 45.5. The standard InChI is InChI=1S/C21H14F3N5O2/c22-21(23,24)15-8-4-9-16(12-15)25-20(30)18(13-17-10-5-11-31-17)29-19(26-27-28-29)14-6-2-1-3-7-14/h1-13H,(H,25,30)/b18-13+. The lowest BCUT2D eigenvalue weighted by molar-refractivity contribution is -0.137. The monoisotopic (exact) mass is 425 g/mol. The van der Waals surface area contributed by atoms with Crippen LogP contribution in [0.25, 0.3) is 23.2 Å². The molecule has 2 heterocycles. The first-order valence-electron chi connectivity index (χ1n) is 9.00. The van der Waals surface area contributed by atoms with Crippen LogP contribution in [0.4, 0.5) is 18.9 Å². The van der Waals surface area contributed by atoms with Gasteiger partial charge in [-0.1, -0.05) is 36.4 Å². The first-order valence-corrected chi connectivity index (χ1v) is 9.00. The summed E-state index contributed by atoms with van der Waals surface area (Å²) in [5, 5.41) is 14.0. The highest BCUT2D eigenvalue weighted by Gasteiger charge is 2.30. The lowest BCUT2D eigenvalue weighted by Gasteiger charge is -2.12. The molecule has 0 radical (unpaired) electrons. The molecule has 10 heteroatoms. The van der Waals surface area contributed by atoms with E-state index in [9.17, 15) is 18.0 Å². The van der Waals surface area contributed by atoms with Gasteiger partial charge in [-0.05, 0) is 40.8 Å². The highest BCUT2D eigenvalue weighted by atomic mass is 19.4. The maximum absolute atomic E-state index is 13.1. The number of halogens is 3. The van der Waals surface area contributed by atoms with Crippen LogP contribution in [0.1, 0.15) is 11.3 Å². The average Bonchev–Trinajstić information content (AvgIpc) is 3.44. The highest BCUT2D eigenvalue weighted by molar-refractivity contribution is 6.24. The van der Waals surface area contributed by atoms with Gasteiger partial charge in [0.15, 0.2) is 5.82 Å². The molecule has 2 aromatic carbocycles. The molecule has 0 aliphatic rings. The van der Waals surface area contributed by atoms with E-state index in [4.69, 9.17) is 4.42 Å². The van der Waals surface area contributed by atoms with Crippen molar-refractivity contribution in [1.29, 1.82) is 0 Å². The van der Waals surface area contributed by atoms with Gasteiger partial charge in [-0.15, -0.1) is 5.10 Å². The fourth-order valence-corrected chi connectivity index (χ4v) is 2.82. The van der Waals surface area contributed by atoms with E-state index in [1.807, 2.05) is 6.07 Å². The fourth-order valence-electron chi connectivity index (χ4n) is 2.82. The van der Waals surface area contributed by atoms with Gasteiger partial charge in [0, 0.05) is 17.3 Å². The molecule has 0 aliphatic heterocycles. The molecule has 1 amide bonds. The first-order chi connectivity index (χ1) is 14.9. The number of hydrogen-bond acceptors (Lipinski definition) is 5. The molecule has 0 saturated carbocycles. The maximum Gasteiger partial charge on any atom is 0.416 e. The molecule has 0 unspecified atom stereocenters. The van der Waals surface area contributed by atoms with Crippen LogP contribution >= 0.6 is 0 Å². The molecule has 0 atom stereocenters. The minimum atomic E-state index is -4.54. The summed E-state index contributed by atoms with van der Waals surface area (Å²) in [5.74, 6) is -0.110. The van der Waals surface area contributed by atoms with E-state index in [-0.39, 0.29) is 17.2 Å². The van der Waals surface area contributed by atoms with E-state index in [0.717, 1.165) is 12.1 Å². The Morgan fingerprint density at radius 3 is 2.55 bits per heavy atom. The summed E-state index contributed by atoms with van der Waals surface area (Å²) in [6.07, 6.45) is -1.72. The normalized spacial score (nSPS) is 12.0. The molecule has 1 N–H and O–H groups in total. The number of furan rings is 1. The Morgan fingerprint density at radius 2 is 1.84 bits per heavy atom. The molecule has 0 saturated heterocycles. The second-order valence-corrected chi connectivity index (χ2v) is 6.36. The van der Waals surface area contributed by atoms with Crippen LogP contribution in [-0.2, 0) is 11.0 Å². The van der Waals surface area contributed by atoms with Crippen molar-refractivity contribution in [3.8, 4) is 11.4 Å². The number of alkyl halides is 3. The predicted molar refractivity (Wildman–Crippen MR) is 106 cm³/mol. The number of benzene rings is 2. The Kier molecular flexibility index (Phi) is 5.35. The Labute approximate surface area is 173 Å². The molecule has 4 rings (SSSR count). The summed E-state index contributed by atoms with van der Waals surface area (Å²) in [7, 11) is 0. The van der Waals surface area contributed by atoms with Gasteiger partial charge in [0.1, 0.15) is 11.5 Å². The van der Waals surface area contributed by atoms with Crippen LogP contribution in [0.2, 0.25) is 0 Å². The van der Waals surface area contributed by atoms with E-state index in [1.54, 1.807) is 36.4 Å². The van der Waals surface area contributed by atoms with Crippen LogP contribution in [0.3, 0.4) is 0 Å². The average molecular weight is 425 g/mol. The Hall–Kier alpha value is -4.21. The number of rotatable bonds is 5. The van der Waals surface area contributed by atoms with Crippen molar-refractivity contribution >= 4 is 23.4 Å². The van der Waals surface area contributed by atoms with Crippen LogP contribution < -0.4 is 5.32 Å². The summed E-state index contributed by atoms with van der Waals surface area (Å²) in [4.78, 5) is 13.1. The summed E-state index contributed by atoms with van der Waals surface area (Å²) in [5.41, 5.74) is -0.310. The molecule has 0 aliphatic carbocycles. The van der Waals surface area contributed by atoms with Gasteiger partial charge in [-0.25, -0.2) is 0 Å². The van der Waals surface area contributed by atoms with E-state index >= 15 is 0 Å². The number of hydrogen-bond donors (Lipinski definition) is 1. The molecule has 156 valence electrons. The maximum atomic E-state index is 13.1. The molecule has 0 fully saturated rings. The zero-order valence-electron chi connectivity index (χ0n) is 15.7. The predicted octanol–water partition coefficient (Wildman–Crippen LogP) is 4.59. The van der Waals surface area contributed by atoms with Gasteiger partial charge >= 0.3 is 6.18 Å². The zero-order valence-corrected chi connectivity index (χ0v) is 15.7. The third kappa shape index (κ3) is 4.53. The van der Waals surface area contributed by atoms with Crippen molar-refractivity contribution < 1.29 is 22.4 Å². The van der Waals surface area contributed by atoms with E-state index in [0.29, 0.717) is 11.3 Å². The van der Waals surface area contributed by atoms with Gasteiger partial charge in [0.25, 0.3) is 5.91 Å². The van der Waals surface area contributed by atoms with Crippen molar-refractivity contribution in [2.45, 2.75) is 6.18 Å². The number of nitrogens with one attached hydrogen (secondary N) is 1. The number of carbonyl (C=O) groups excluding carboxylic acids is 1. The number of nitrogens with zero attached hydrogens (tertiary/aromatic N) is 4. The zero-order chi connectivity index (χ0) is 21.8. The van der Waals surface area contributed by atoms with Crippen LogP contribution in [0.15, 0.2) is 77.4 Å². The molecular formula is C21H14F3N5O2. The van der Waals surface area contributed by atoms with Crippen molar-refractivity contribution in [3.05, 3.63) is 84.3 Å². The number of amides is 1. The Bertz CT molecular complexity index is 1220. The van der Waals surface area contributed by atoms with Gasteiger partial charge in [0.05, 0.1) is 11.8 Å². The molecular weight excluding hydrogens is 411 g/mol. The molecule has 4 aromatic rings. The molecule has 0 spiro atoms. The lowest BCUT2D eigenvalue weighted by atomic mass is 10.2. The van der Waals surface area contributed by atoms with Crippen molar-refractivity contribution in [2.75, 3.05) is 5.32 Å². The first kappa shape index (κ1) is 20.1. The number of aromatic nitrogens is 4. The summed E-state index contributed by atoms with van der Waals surface area (Å²) in [6, 6.07) is 16.5. The minimum Gasteiger partial charge on any atom is -0.465 e. The summed E-state index contributed by atoms with van der Waals surface area (Å²) >= 11 is 0. The Morgan fingerprint density at radius 1 is 1.03 bits per heavy atom. The van der Waals surface area contributed by atoms with Gasteiger partial charge in [-0.2, -0.15) is 17.9 Å². The molecule has 31 heavy (non-hydrogen) atoms. The molecule has 7 nitrogen and oxygen atoms in total. The van der Waals surface area contributed by atoms with Gasteiger partial charge < -0.3 is 9.73 Å². The van der Waals surface area contributed by atoms with Crippen molar-refractivity contribution in [2.24, 2.45) is 0 Å². The van der Waals surface area contributed by atoms with Crippen LogP contribution in [-0.4, -0.2) is 26.1 Å². The second kappa shape index (κ2) is 8.27. The third-order valence-electron chi connectivity index (χ3n) is 4.23.